The number of amides is 1. The molecule has 0 radical (unpaired) electrons. The molecule has 0 aliphatic carbocycles. The van der Waals surface area contributed by atoms with Crippen LogP contribution in [0.5, 0.6) is 0 Å². The van der Waals surface area contributed by atoms with Crippen LogP contribution in [-0.4, -0.2) is 55.8 Å². The van der Waals surface area contributed by atoms with Crippen LogP contribution < -0.4 is 16.6 Å². The van der Waals surface area contributed by atoms with Gasteiger partial charge in [0.1, 0.15) is 18.8 Å². The molecule has 0 saturated heterocycles. The molecular weight excluding hydrogens is 520 g/mol. The molecule has 15 nitrogen and oxygen atoms in total. The van der Waals surface area contributed by atoms with E-state index in [2.05, 4.69) is 30.8 Å². The van der Waals surface area contributed by atoms with Gasteiger partial charge in [-0.15, -0.1) is 15.3 Å². The molecule has 0 aliphatic heterocycles. The van der Waals surface area contributed by atoms with Gasteiger partial charge >= 0.3 is 11.7 Å². The standard InChI is InChI=1S/C25H24N10O5/c1-32-23-22(24(38)33(2)25(32)39)34(15-26-23)13-21(37)40-14-17-12-35(31-28-17)11-10-20(36)27-19-9-8-18(29-30-19)16-6-4-3-5-7-16/h3-9,12,15H,10-11,13-14H2,1-2H3,(H,27,30,36). The van der Waals surface area contributed by atoms with Gasteiger partial charge in [-0.25, -0.2) is 9.78 Å². The van der Waals surface area contributed by atoms with Crippen molar-refractivity contribution in [3.63, 3.8) is 0 Å². The Morgan fingerprint density at radius 1 is 0.975 bits per heavy atom. The minimum atomic E-state index is -0.636. The molecule has 0 bridgehead atoms. The predicted molar refractivity (Wildman–Crippen MR) is 141 cm³/mol. The number of hydrogen-bond acceptors (Lipinski definition) is 10. The summed E-state index contributed by atoms with van der Waals surface area (Å²) < 4.78 is 10.2. The molecule has 0 atom stereocenters. The number of nitrogens with zero attached hydrogens (tertiary/aromatic N) is 9. The lowest BCUT2D eigenvalue weighted by Gasteiger charge is -2.06. The maximum atomic E-state index is 12.5. The van der Waals surface area contributed by atoms with Crippen molar-refractivity contribution in [1.82, 2.24) is 43.9 Å². The number of esters is 1. The Balaban J connectivity index is 1.10. The number of fused-ring (bicyclic) bond motifs is 1. The second kappa shape index (κ2) is 11.1. The van der Waals surface area contributed by atoms with Crippen LogP contribution in [0.3, 0.4) is 0 Å². The zero-order valence-corrected chi connectivity index (χ0v) is 21.6. The van der Waals surface area contributed by atoms with E-state index < -0.39 is 17.2 Å². The largest absolute Gasteiger partial charge is 0.458 e. The number of anilines is 1. The summed E-state index contributed by atoms with van der Waals surface area (Å²) in [7, 11) is 2.84. The van der Waals surface area contributed by atoms with E-state index in [1.54, 1.807) is 18.3 Å². The lowest BCUT2D eigenvalue weighted by molar-refractivity contribution is -0.145. The molecule has 1 amide bonds. The van der Waals surface area contributed by atoms with Crippen LogP contribution in [0.1, 0.15) is 12.1 Å². The fourth-order valence-corrected chi connectivity index (χ4v) is 3.95. The molecular formula is C25H24N10O5. The number of benzene rings is 1. The van der Waals surface area contributed by atoms with Gasteiger partial charge in [-0.2, -0.15) is 0 Å². The third-order valence-corrected chi connectivity index (χ3v) is 6.05. The summed E-state index contributed by atoms with van der Waals surface area (Å²) in [6, 6.07) is 13.0. The van der Waals surface area contributed by atoms with E-state index in [4.69, 9.17) is 4.74 Å². The molecule has 40 heavy (non-hydrogen) atoms. The number of aromatic nitrogens is 9. The Hall–Kier alpha value is -5.47. The summed E-state index contributed by atoms with van der Waals surface area (Å²) in [5.41, 5.74) is 1.21. The van der Waals surface area contributed by atoms with Gasteiger partial charge in [0.2, 0.25) is 5.91 Å². The van der Waals surface area contributed by atoms with Crippen LogP contribution in [0, 0.1) is 0 Å². The number of hydrogen-bond donors (Lipinski definition) is 1. The monoisotopic (exact) mass is 544 g/mol. The highest BCUT2D eigenvalue weighted by Crippen LogP contribution is 2.16. The number of rotatable bonds is 9. The Kier molecular flexibility index (Phi) is 7.26. The molecule has 4 aromatic heterocycles. The SMILES string of the molecule is Cn1c(=O)c2c(ncn2CC(=O)OCc2cn(CCC(=O)Nc3ccc(-c4ccccc4)nn3)nn2)n(C)c1=O. The molecule has 15 heteroatoms. The van der Waals surface area contributed by atoms with Crippen molar-refractivity contribution in [2.24, 2.45) is 14.1 Å². The van der Waals surface area contributed by atoms with E-state index in [-0.39, 0.29) is 43.2 Å². The molecule has 1 N–H and O–H groups in total. The Morgan fingerprint density at radius 2 is 1.77 bits per heavy atom. The normalized spacial score (nSPS) is 11.1. The first kappa shape index (κ1) is 26.1. The van der Waals surface area contributed by atoms with Crippen molar-refractivity contribution in [1.29, 1.82) is 0 Å². The highest BCUT2D eigenvalue weighted by Gasteiger charge is 2.17. The number of imidazole rings is 1. The average Bonchev–Trinajstić information content (AvgIpc) is 3.61. The second-order valence-electron chi connectivity index (χ2n) is 8.85. The Morgan fingerprint density at radius 3 is 2.52 bits per heavy atom. The fraction of sp³-hybridized carbons (Fsp3) is 0.240. The summed E-state index contributed by atoms with van der Waals surface area (Å²) >= 11 is 0. The molecule has 0 fully saturated rings. The number of ether oxygens (including phenoxy) is 1. The molecule has 0 spiro atoms. The van der Waals surface area contributed by atoms with Gasteiger partial charge in [-0.05, 0) is 12.1 Å². The third-order valence-electron chi connectivity index (χ3n) is 6.05. The van der Waals surface area contributed by atoms with Crippen molar-refractivity contribution in [2.75, 3.05) is 5.32 Å². The molecule has 5 rings (SSSR count). The molecule has 204 valence electrons. The molecule has 5 aromatic rings. The molecule has 0 unspecified atom stereocenters. The van der Waals surface area contributed by atoms with E-state index in [9.17, 15) is 19.2 Å². The zero-order valence-electron chi connectivity index (χ0n) is 21.6. The second-order valence-corrected chi connectivity index (χ2v) is 8.85. The van der Waals surface area contributed by atoms with Crippen molar-refractivity contribution >= 4 is 28.9 Å². The van der Waals surface area contributed by atoms with Gasteiger partial charge in [-0.1, -0.05) is 35.5 Å². The van der Waals surface area contributed by atoms with E-state index in [1.807, 2.05) is 30.3 Å². The smallest absolute Gasteiger partial charge is 0.332 e. The van der Waals surface area contributed by atoms with Gasteiger partial charge in [0, 0.05) is 26.1 Å². The minimum Gasteiger partial charge on any atom is -0.458 e. The summed E-state index contributed by atoms with van der Waals surface area (Å²) in [5, 5.41) is 18.8. The summed E-state index contributed by atoms with van der Waals surface area (Å²) in [6.45, 7) is -0.198. The first-order valence-electron chi connectivity index (χ1n) is 12.1. The number of nitrogens with one attached hydrogen (secondary N) is 1. The number of carbonyl (C=O) groups is 2. The first-order chi connectivity index (χ1) is 19.3. The van der Waals surface area contributed by atoms with Crippen molar-refractivity contribution in [3.05, 3.63) is 81.5 Å². The van der Waals surface area contributed by atoms with E-state index in [0.717, 1.165) is 10.1 Å². The Bertz CT molecular complexity index is 1800. The fourth-order valence-electron chi connectivity index (χ4n) is 3.95. The van der Waals surface area contributed by atoms with E-state index >= 15 is 0 Å². The van der Waals surface area contributed by atoms with Crippen molar-refractivity contribution < 1.29 is 14.3 Å². The maximum absolute atomic E-state index is 12.5. The van der Waals surface area contributed by atoms with Gasteiger partial charge < -0.3 is 14.6 Å². The lowest BCUT2D eigenvalue weighted by atomic mass is 10.1. The summed E-state index contributed by atoms with van der Waals surface area (Å²) in [6.07, 6.45) is 2.97. The van der Waals surface area contributed by atoms with E-state index in [0.29, 0.717) is 17.2 Å². The minimum absolute atomic E-state index is 0.107. The van der Waals surface area contributed by atoms with Crippen molar-refractivity contribution in [3.8, 4) is 11.3 Å². The molecule has 0 saturated carbocycles. The highest BCUT2D eigenvalue weighted by atomic mass is 16.5. The van der Waals surface area contributed by atoms with Crippen molar-refractivity contribution in [2.45, 2.75) is 26.1 Å². The molecule has 0 aliphatic rings. The quantitative estimate of drug-likeness (QED) is 0.253. The molecule has 4 heterocycles. The lowest BCUT2D eigenvalue weighted by Crippen LogP contribution is -2.37. The number of carbonyl (C=O) groups excluding carboxylic acids is 2. The van der Waals surface area contributed by atoms with Crippen LogP contribution in [0.25, 0.3) is 22.4 Å². The Labute approximate surface area is 225 Å². The zero-order chi connectivity index (χ0) is 28.2. The van der Waals surface area contributed by atoms with Gasteiger partial charge in [0.05, 0.1) is 24.8 Å². The van der Waals surface area contributed by atoms with Crippen LogP contribution in [-0.2, 0) is 48.1 Å². The summed E-state index contributed by atoms with van der Waals surface area (Å²) in [4.78, 5) is 53.4. The van der Waals surface area contributed by atoms with Gasteiger partial charge in [0.25, 0.3) is 5.56 Å². The van der Waals surface area contributed by atoms with Crippen LogP contribution in [0.15, 0.2) is 64.6 Å². The first-order valence-corrected chi connectivity index (χ1v) is 12.1. The third kappa shape index (κ3) is 5.52. The molecule has 1 aromatic carbocycles. The summed E-state index contributed by atoms with van der Waals surface area (Å²) in [5.74, 6) is -0.577. The maximum Gasteiger partial charge on any atom is 0.332 e. The number of aryl methyl sites for hydroxylation is 2. The van der Waals surface area contributed by atoms with Gasteiger partial charge in [-0.3, -0.25) is 28.2 Å². The topological polar surface area (TPSA) is 174 Å². The highest BCUT2D eigenvalue weighted by molar-refractivity contribution is 5.89. The van der Waals surface area contributed by atoms with E-state index in [1.165, 1.54) is 34.2 Å². The van der Waals surface area contributed by atoms with Crippen LogP contribution >= 0.6 is 0 Å². The predicted octanol–water partition coefficient (Wildman–Crippen LogP) is 0.254. The van der Waals surface area contributed by atoms with Crippen LogP contribution in [0.2, 0.25) is 0 Å². The van der Waals surface area contributed by atoms with Crippen LogP contribution in [0.4, 0.5) is 5.82 Å². The van der Waals surface area contributed by atoms with Gasteiger partial charge in [0.15, 0.2) is 17.0 Å². The average molecular weight is 545 g/mol.